The van der Waals surface area contributed by atoms with Crippen molar-refractivity contribution in [2.45, 2.75) is 19.3 Å². The Morgan fingerprint density at radius 3 is 2.60 bits per heavy atom. The number of halogens is 1. The number of benzene rings is 1. The standard InChI is InChI=1S/C15H17ClN4/c16-12-8-13(20-14(17)19-12)18-10-15(6-7-15)9-11-4-2-1-3-5-11/h1-5,8H,6-7,9-10H2,(H3,17,18,19,20). The topological polar surface area (TPSA) is 63.8 Å². The zero-order valence-corrected chi connectivity index (χ0v) is 11.9. The number of hydrogen-bond donors (Lipinski definition) is 2. The Balaban J connectivity index is 1.63. The van der Waals surface area contributed by atoms with Crippen LogP contribution in [0.2, 0.25) is 5.15 Å². The maximum absolute atomic E-state index is 5.87. The summed E-state index contributed by atoms with van der Waals surface area (Å²) in [5, 5.41) is 3.70. The molecule has 0 radical (unpaired) electrons. The Kier molecular flexibility index (Phi) is 3.49. The molecule has 20 heavy (non-hydrogen) atoms. The number of nitrogens with one attached hydrogen (secondary N) is 1. The molecule has 1 fully saturated rings. The highest BCUT2D eigenvalue weighted by molar-refractivity contribution is 6.29. The van der Waals surface area contributed by atoms with Gasteiger partial charge in [0.1, 0.15) is 11.0 Å². The lowest BCUT2D eigenvalue weighted by Crippen LogP contribution is -2.19. The molecular weight excluding hydrogens is 272 g/mol. The van der Waals surface area contributed by atoms with Crippen molar-refractivity contribution >= 4 is 23.4 Å². The molecule has 0 saturated heterocycles. The normalized spacial score (nSPS) is 15.8. The van der Waals surface area contributed by atoms with Crippen molar-refractivity contribution in [1.82, 2.24) is 9.97 Å². The second-order valence-corrected chi connectivity index (χ2v) is 5.84. The summed E-state index contributed by atoms with van der Waals surface area (Å²) in [6.45, 7) is 0.884. The number of aromatic nitrogens is 2. The van der Waals surface area contributed by atoms with Gasteiger partial charge in [0.25, 0.3) is 0 Å². The van der Waals surface area contributed by atoms with Gasteiger partial charge in [0.15, 0.2) is 0 Å². The van der Waals surface area contributed by atoms with E-state index in [0.717, 1.165) is 13.0 Å². The molecule has 4 nitrogen and oxygen atoms in total. The van der Waals surface area contributed by atoms with Crippen LogP contribution >= 0.6 is 11.6 Å². The van der Waals surface area contributed by atoms with Gasteiger partial charge >= 0.3 is 0 Å². The quantitative estimate of drug-likeness (QED) is 0.830. The zero-order valence-electron chi connectivity index (χ0n) is 11.1. The minimum absolute atomic E-state index is 0.202. The third-order valence-corrected chi connectivity index (χ3v) is 3.93. The van der Waals surface area contributed by atoms with Gasteiger partial charge < -0.3 is 11.1 Å². The van der Waals surface area contributed by atoms with E-state index in [1.54, 1.807) is 6.07 Å². The predicted molar refractivity (Wildman–Crippen MR) is 81.8 cm³/mol. The van der Waals surface area contributed by atoms with E-state index in [1.807, 2.05) is 6.07 Å². The summed E-state index contributed by atoms with van der Waals surface area (Å²) in [6, 6.07) is 12.3. The van der Waals surface area contributed by atoms with E-state index >= 15 is 0 Å². The fourth-order valence-electron chi connectivity index (χ4n) is 2.43. The molecule has 1 aliphatic rings. The van der Waals surface area contributed by atoms with E-state index in [-0.39, 0.29) is 5.95 Å². The van der Waals surface area contributed by atoms with Crippen molar-refractivity contribution in [3.05, 3.63) is 47.1 Å². The van der Waals surface area contributed by atoms with Gasteiger partial charge in [-0.05, 0) is 30.2 Å². The third-order valence-electron chi connectivity index (χ3n) is 3.74. The molecule has 0 atom stereocenters. The van der Waals surface area contributed by atoms with E-state index in [2.05, 4.69) is 39.6 Å². The number of hydrogen-bond acceptors (Lipinski definition) is 4. The predicted octanol–water partition coefficient (Wildman–Crippen LogP) is 3.15. The highest BCUT2D eigenvalue weighted by atomic mass is 35.5. The smallest absolute Gasteiger partial charge is 0.223 e. The highest BCUT2D eigenvalue weighted by Gasteiger charge is 2.42. The van der Waals surface area contributed by atoms with E-state index in [9.17, 15) is 0 Å². The van der Waals surface area contributed by atoms with E-state index in [0.29, 0.717) is 16.4 Å². The Hall–Kier alpha value is -1.81. The molecule has 0 spiro atoms. The lowest BCUT2D eigenvalue weighted by Gasteiger charge is -2.16. The molecule has 3 rings (SSSR count). The summed E-state index contributed by atoms with van der Waals surface area (Å²) in [6.07, 6.45) is 3.57. The molecule has 1 aromatic carbocycles. The van der Waals surface area contributed by atoms with Gasteiger partial charge in [0.2, 0.25) is 5.95 Å². The number of nitrogen functional groups attached to an aromatic ring is 1. The highest BCUT2D eigenvalue weighted by Crippen LogP contribution is 2.48. The monoisotopic (exact) mass is 288 g/mol. The van der Waals surface area contributed by atoms with Crippen LogP contribution in [0.3, 0.4) is 0 Å². The molecule has 1 heterocycles. The van der Waals surface area contributed by atoms with Gasteiger partial charge in [-0.25, -0.2) is 4.98 Å². The summed E-state index contributed by atoms with van der Waals surface area (Å²) >= 11 is 5.87. The van der Waals surface area contributed by atoms with Crippen LogP contribution in [0.1, 0.15) is 18.4 Å². The molecular formula is C15H17ClN4. The van der Waals surface area contributed by atoms with E-state index < -0.39 is 0 Å². The van der Waals surface area contributed by atoms with Crippen LogP contribution in [0, 0.1) is 5.41 Å². The third kappa shape index (κ3) is 3.20. The van der Waals surface area contributed by atoms with Crippen molar-refractivity contribution in [1.29, 1.82) is 0 Å². The lowest BCUT2D eigenvalue weighted by molar-refractivity contribution is 0.538. The van der Waals surface area contributed by atoms with Crippen molar-refractivity contribution in [3.63, 3.8) is 0 Å². The van der Waals surface area contributed by atoms with Gasteiger partial charge in [0, 0.05) is 12.6 Å². The first-order valence-corrected chi connectivity index (χ1v) is 7.11. The summed E-state index contributed by atoms with van der Waals surface area (Å²) in [7, 11) is 0. The molecule has 0 amide bonds. The van der Waals surface area contributed by atoms with Gasteiger partial charge in [-0.2, -0.15) is 4.98 Å². The largest absolute Gasteiger partial charge is 0.369 e. The second kappa shape index (κ2) is 5.29. The first kappa shape index (κ1) is 13.2. The van der Waals surface area contributed by atoms with Crippen molar-refractivity contribution in [2.75, 3.05) is 17.6 Å². The minimum Gasteiger partial charge on any atom is -0.369 e. The fourth-order valence-corrected chi connectivity index (χ4v) is 2.62. The Bertz CT molecular complexity index is 576. The number of rotatable bonds is 5. The van der Waals surface area contributed by atoms with E-state index in [4.69, 9.17) is 17.3 Å². The second-order valence-electron chi connectivity index (χ2n) is 5.45. The Labute approximate surface area is 123 Å². The molecule has 1 aliphatic carbocycles. The van der Waals surface area contributed by atoms with Crippen molar-refractivity contribution < 1.29 is 0 Å². The van der Waals surface area contributed by atoms with Gasteiger partial charge in [-0.15, -0.1) is 0 Å². The zero-order chi connectivity index (χ0) is 14.0. The number of nitrogens with two attached hydrogens (primary N) is 1. The first-order chi connectivity index (χ1) is 9.65. The summed E-state index contributed by atoms with van der Waals surface area (Å²) in [5.74, 6) is 0.898. The summed E-state index contributed by atoms with van der Waals surface area (Å²) in [4.78, 5) is 8.00. The Morgan fingerprint density at radius 1 is 1.20 bits per heavy atom. The van der Waals surface area contributed by atoms with Gasteiger partial charge in [-0.3, -0.25) is 0 Å². The molecule has 2 aromatic rings. The van der Waals surface area contributed by atoms with Crippen LogP contribution < -0.4 is 11.1 Å². The van der Waals surface area contributed by atoms with Crippen molar-refractivity contribution in [3.8, 4) is 0 Å². The average Bonchev–Trinajstić information content (AvgIpc) is 3.17. The fraction of sp³-hybridized carbons (Fsp3) is 0.333. The van der Waals surface area contributed by atoms with Gasteiger partial charge in [0.05, 0.1) is 0 Å². The average molecular weight is 289 g/mol. The molecule has 104 valence electrons. The summed E-state index contributed by atoms with van der Waals surface area (Å²) in [5.41, 5.74) is 7.31. The molecule has 0 unspecified atom stereocenters. The first-order valence-electron chi connectivity index (χ1n) is 6.73. The molecule has 5 heteroatoms. The molecule has 1 aromatic heterocycles. The summed E-state index contributed by atoms with van der Waals surface area (Å²) < 4.78 is 0. The van der Waals surface area contributed by atoms with Crippen LogP contribution in [-0.4, -0.2) is 16.5 Å². The van der Waals surface area contributed by atoms with Crippen LogP contribution in [0.25, 0.3) is 0 Å². The number of anilines is 2. The lowest BCUT2D eigenvalue weighted by atomic mass is 9.96. The van der Waals surface area contributed by atoms with Gasteiger partial charge in [-0.1, -0.05) is 41.9 Å². The maximum Gasteiger partial charge on any atom is 0.223 e. The van der Waals surface area contributed by atoms with E-state index in [1.165, 1.54) is 18.4 Å². The molecule has 1 saturated carbocycles. The number of nitrogens with zero attached hydrogens (tertiary/aromatic N) is 2. The molecule has 0 bridgehead atoms. The molecule has 3 N–H and O–H groups in total. The van der Waals surface area contributed by atoms with Crippen molar-refractivity contribution in [2.24, 2.45) is 5.41 Å². The van der Waals surface area contributed by atoms with Crippen LogP contribution in [-0.2, 0) is 6.42 Å². The van der Waals surface area contributed by atoms with Crippen LogP contribution in [0.4, 0.5) is 11.8 Å². The molecule has 0 aliphatic heterocycles. The maximum atomic E-state index is 5.87. The Morgan fingerprint density at radius 2 is 1.95 bits per heavy atom. The van der Waals surface area contributed by atoms with Crippen LogP contribution in [0.5, 0.6) is 0 Å². The van der Waals surface area contributed by atoms with Crippen LogP contribution in [0.15, 0.2) is 36.4 Å². The SMILES string of the molecule is Nc1nc(Cl)cc(NCC2(Cc3ccccc3)CC2)n1. The minimum atomic E-state index is 0.202.